The maximum Gasteiger partial charge on any atom is 0.223 e. The fraction of sp³-hybridized carbons (Fsp3) is 0.889. The molecule has 0 aromatic heterocycles. The lowest BCUT2D eigenvalue weighted by Gasteiger charge is -2.43. The predicted octanol–water partition coefficient (Wildman–Crippen LogP) is 1.37. The molecule has 6 nitrogen and oxygen atoms in total. The number of alkyl halides is 2. The number of fused-ring (bicyclic) bond motifs is 4. The number of hydrogen-bond donors (Lipinski definition) is 0. The summed E-state index contributed by atoms with van der Waals surface area (Å²) in [5, 5.41) is 15.6. The van der Waals surface area contributed by atoms with E-state index in [0.717, 1.165) is 0 Å². The molecular weight excluding hydrogens is 267 g/mol. The summed E-state index contributed by atoms with van der Waals surface area (Å²) in [4.78, 5) is 9.58. The number of ketones is 1. The Kier molecular flexibility index (Phi) is 1.64. The molecule has 2 fully saturated rings. The van der Waals surface area contributed by atoms with Gasteiger partial charge in [-0.2, -0.15) is 20.5 Å². The Morgan fingerprint density at radius 2 is 1.59 bits per heavy atom. The number of rotatable bonds is 0. The number of carbonyl (C=O) groups is 1. The third kappa shape index (κ3) is 0.936. The van der Waals surface area contributed by atoms with E-state index in [1.165, 1.54) is 0 Å². The quantitative estimate of drug-likeness (QED) is 0.380. The molecule has 4 rings (SSSR count). The average molecular weight is 275 g/mol. The maximum atomic E-state index is 12.4. The number of epoxide rings is 1. The minimum absolute atomic E-state index is 0.246. The van der Waals surface area contributed by atoms with Crippen LogP contribution in [-0.2, 0) is 9.53 Å². The highest BCUT2D eigenvalue weighted by molar-refractivity contribution is 6.46. The van der Waals surface area contributed by atoms with Crippen LogP contribution in [-0.4, -0.2) is 41.1 Å². The van der Waals surface area contributed by atoms with Crippen molar-refractivity contribution < 1.29 is 9.53 Å². The molecule has 0 unspecified atom stereocenters. The van der Waals surface area contributed by atoms with Crippen molar-refractivity contribution in [3.8, 4) is 0 Å². The third-order valence-corrected chi connectivity index (χ3v) is 5.20. The van der Waals surface area contributed by atoms with E-state index < -0.39 is 21.4 Å². The molecule has 1 saturated carbocycles. The van der Waals surface area contributed by atoms with Crippen LogP contribution in [0, 0.1) is 11.8 Å². The lowest BCUT2D eigenvalue weighted by molar-refractivity contribution is -0.131. The molecule has 1 aliphatic carbocycles. The number of carbonyl (C=O) groups excluding carboxylic acids is 1. The average Bonchev–Trinajstić information content (AvgIpc) is 2.81. The Balaban J connectivity index is 1.92. The molecule has 0 amide bonds. The Hall–Kier alpha value is -0.590. The summed E-state index contributed by atoms with van der Waals surface area (Å²) in [6, 6.07) is 0. The van der Waals surface area contributed by atoms with Gasteiger partial charge in [0.15, 0.2) is 0 Å². The van der Waals surface area contributed by atoms with Crippen LogP contribution in [0.1, 0.15) is 0 Å². The van der Waals surface area contributed by atoms with Crippen LogP contribution in [0.2, 0.25) is 0 Å². The number of nitrogens with zero attached hydrogens (tertiary/aromatic N) is 4. The van der Waals surface area contributed by atoms with E-state index in [1.807, 2.05) is 0 Å². The van der Waals surface area contributed by atoms with E-state index in [4.69, 9.17) is 27.9 Å². The van der Waals surface area contributed by atoms with Gasteiger partial charge in [-0.15, -0.1) is 0 Å². The molecule has 1 saturated heterocycles. The third-order valence-electron chi connectivity index (χ3n) is 4.18. The maximum absolute atomic E-state index is 12.4. The zero-order valence-corrected chi connectivity index (χ0v) is 10.1. The van der Waals surface area contributed by atoms with Crippen LogP contribution in [0.3, 0.4) is 0 Å². The molecule has 1 spiro atoms. The standard InChI is InChI=1S/C9H8Cl2N4O2/c10-8-4(1-12-14-8)7(3-17-7)5-2-13-15-9(5,11)6(8)16/h4-5H,1-3H2/t4-,5-,8-,9-/m1/s1. The highest BCUT2D eigenvalue weighted by Gasteiger charge is 2.79. The SMILES string of the molecule is O=C1[C@]2(Cl)N=NC[C@@H]2C2(CO2)[C@H]2CN=N[C@@]12Cl. The largest absolute Gasteiger partial charge is 0.369 e. The number of hydrogen-bond acceptors (Lipinski definition) is 6. The van der Waals surface area contributed by atoms with Crippen molar-refractivity contribution in [1.29, 1.82) is 0 Å². The second-order valence-electron chi connectivity index (χ2n) is 4.87. The molecule has 0 radical (unpaired) electrons. The fourth-order valence-corrected chi connectivity index (χ4v) is 4.12. The van der Waals surface area contributed by atoms with Crippen LogP contribution < -0.4 is 0 Å². The van der Waals surface area contributed by atoms with Crippen molar-refractivity contribution in [3.63, 3.8) is 0 Å². The van der Waals surface area contributed by atoms with Crippen molar-refractivity contribution in [2.24, 2.45) is 32.3 Å². The number of Topliss-reactive ketones (excluding diaryl/α,β-unsaturated/α-hetero) is 1. The first-order valence-corrected chi connectivity index (χ1v) is 6.14. The second kappa shape index (κ2) is 2.70. The Morgan fingerprint density at radius 3 is 2.00 bits per heavy atom. The Labute approximate surface area is 106 Å². The van der Waals surface area contributed by atoms with Crippen LogP contribution in [0.4, 0.5) is 0 Å². The highest BCUT2D eigenvalue weighted by atomic mass is 35.5. The van der Waals surface area contributed by atoms with E-state index in [-0.39, 0.29) is 11.8 Å². The van der Waals surface area contributed by atoms with Crippen LogP contribution in [0.25, 0.3) is 0 Å². The van der Waals surface area contributed by atoms with Gasteiger partial charge in [-0.3, -0.25) is 4.79 Å². The molecule has 17 heavy (non-hydrogen) atoms. The molecule has 0 aromatic rings. The number of azo groups is 2. The summed E-state index contributed by atoms with van der Waals surface area (Å²) in [6.45, 7) is 1.33. The monoisotopic (exact) mass is 274 g/mol. The summed E-state index contributed by atoms with van der Waals surface area (Å²) in [5.74, 6) is -0.902. The van der Waals surface area contributed by atoms with E-state index in [0.29, 0.717) is 19.7 Å². The van der Waals surface area contributed by atoms with Gasteiger partial charge < -0.3 is 4.74 Å². The van der Waals surface area contributed by atoms with Crippen LogP contribution >= 0.6 is 23.2 Å². The van der Waals surface area contributed by atoms with Crippen molar-refractivity contribution in [3.05, 3.63) is 0 Å². The zero-order chi connectivity index (χ0) is 11.9. The van der Waals surface area contributed by atoms with Crippen molar-refractivity contribution in [2.75, 3.05) is 19.7 Å². The minimum Gasteiger partial charge on any atom is -0.369 e. The minimum atomic E-state index is -1.42. The summed E-state index contributed by atoms with van der Waals surface area (Å²) >= 11 is 12.7. The Bertz CT molecular complexity index is 453. The molecule has 0 N–H and O–H groups in total. The van der Waals surface area contributed by atoms with Gasteiger partial charge in [0.2, 0.25) is 15.8 Å². The number of ether oxygens (including phenoxy) is 1. The first kappa shape index (κ1) is 10.3. The zero-order valence-electron chi connectivity index (χ0n) is 8.64. The molecule has 90 valence electrons. The van der Waals surface area contributed by atoms with Crippen molar-refractivity contribution in [1.82, 2.24) is 0 Å². The van der Waals surface area contributed by atoms with Gasteiger partial charge in [-0.25, -0.2) is 0 Å². The summed E-state index contributed by atoms with van der Waals surface area (Å²) < 4.78 is 5.58. The van der Waals surface area contributed by atoms with E-state index in [2.05, 4.69) is 20.5 Å². The fourth-order valence-electron chi connectivity index (χ4n) is 3.17. The Morgan fingerprint density at radius 1 is 1.12 bits per heavy atom. The molecule has 0 bridgehead atoms. The van der Waals surface area contributed by atoms with E-state index in [1.54, 1.807) is 0 Å². The van der Waals surface area contributed by atoms with Gasteiger partial charge in [0.05, 0.1) is 31.5 Å². The lowest BCUT2D eigenvalue weighted by atomic mass is 9.66. The van der Waals surface area contributed by atoms with Gasteiger partial charge in [0, 0.05) is 0 Å². The molecular formula is C9H8Cl2N4O2. The molecule has 4 aliphatic rings. The topological polar surface area (TPSA) is 79.0 Å². The summed E-state index contributed by atoms with van der Waals surface area (Å²) in [6.07, 6.45) is 0. The smallest absolute Gasteiger partial charge is 0.223 e. The van der Waals surface area contributed by atoms with Crippen LogP contribution in [0.15, 0.2) is 20.5 Å². The van der Waals surface area contributed by atoms with Gasteiger partial charge in [-0.1, -0.05) is 23.2 Å². The van der Waals surface area contributed by atoms with Gasteiger partial charge in [0.25, 0.3) is 0 Å². The first-order chi connectivity index (χ1) is 8.04. The van der Waals surface area contributed by atoms with Gasteiger partial charge in [-0.05, 0) is 0 Å². The van der Waals surface area contributed by atoms with Gasteiger partial charge >= 0.3 is 0 Å². The second-order valence-corrected chi connectivity index (χ2v) is 6.03. The molecule has 3 aliphatic heterocycles. The lowest BCUT2D eigenvalue weighted by Crippen LogP contribution is -2.64. The molecule has 3 heterocycles. The van der Waals surface area contributed by atoms with Crippen molar-refractivity contribution >= 4 is 29.0 Å². The molecule has 0 aromatic carbocycles. The number of halogens is 2. The van der Waals surface area contributed by atoms with E-state index >= 15 is 0 Å². The van der Waals surface area contributed by atoms with Crippen LogP contribution in [0.5, 0.6) is 0 Å². The molecule has 4 atom stereocenters. The molecule has 8 heteroatoms. The predicted molar refractivity (Wildman–Crippen MR) is 57.3 cm³/mol. The summed E-state index contributed by atoms with van der Waals surface area (Å²) in [5.41, 5.74) is -0.523. The normalized spacial score (nSPS) is 58.6. The van der Waals surface area contributed by atoms with E-state index in [9.17, 15) is 4.79 Å². The van der Waals surface area contributed by atoms with Crippen molar-refractivity contribution in [2.45, 2.75) is 15.6 Å². The first-order valence-electron chi connectivity index (χ1n) is 5.38. The summed E-state index contributed by atoms with van der Waals surface area (Å²) in [7, 11) is 0. The highest BCUT2D eigenvalue weighted by Crippen LogP contribution is 2.63. The van der Waals surface area contributed by atoms with Gasteiger partial charge in [0.1, 0.15) is 5.60 Å².